The van der Waals surface area contributed by atoms with Crippen molar-refractivity contribution < 1.29 is 9.84 Å². The van der Waals surface area contributed by atoms with Crippen LogP contribution in [0.4, 0.5) is 17.2 Å². The number of aliphatic hydroxyl groups excluding tert-OH is 1. The number of rotatable bonds is 7. The summed E-state index contributed by atoms with van der Waals surface area (Å²) < 4.78 is 7.34. The molecule has 1 aliphatic heterocycles. The SMILES string of the molecule is CCOc1ccc(Nc2cc(N3CCC(CCO)CC3)nn3ccnc23)cc1. The Balaban J connectivity index is 1.55. The standard InChI is InChI=1S/C21H27N5O2/c1-2-28-18-5-3-17(4-6-18)23-19-15-20(24-26-13-10-22-21(19)26)25-11-7-16(8-12-25)9-14-27/h3-6,10,13,15-16,23,27H,2,7-9,11-12,14H2,1H3. The molecule has 148 valence electrons. The van der Waals surface area contributed by atoms with Crippen molar-refractivity contribution >= 4 is 22.8 Å². The fourth-order valence-electron chi connectivity index (χ4n) is 3.74. The number of aliphatic hydroxyl groups is 1. The van der Waals surface area contributed by atoms with Gasteiger partial charge in [0.1, 0.15) is 5.75 Å². The van der Waals surface area contributed by atoms with Gasteiger partial charge in [0.15, 0.2) is 11.5 Å². The van der Waals surface area contributed by atoms with Gasteiger partial charge in [0.2, 0.25) is 0 Å². The van der Waals surface area contributed by atoms with E-state index in [-0.39, 0.29) is 6.61 Å². The molecule has 0 unspecified atom stereocenters. The minimum atomic E-state index is 0.278. The Morgan fingerprint density at radius 3 is 2.71 bits per heavy atom. The number of imidazole rings is 1. The molecule has 1 aromatic carbocycles. The number of fused-ring (bicyclic) bond motifs is 1. The first-order valence-electron chi connectivity index (χ1n) is 9.97. The predicted molar refractivity (Wildman–Crippen MR) is 111 cm³/mol. The van der Waals surface area contributed by atoms with Crippen LogP contribution < -0.4 is 15.0 Å². The van der Waals surface area contributed by atoms with Crippen LogP contribution in [0, 0.1) is 5.92 Å². The Labute approximate surface area is 165 Å². The zero-order valence-corrected chi connectivity index (χ0v) is 16.2. The maximum Gasteiger partial charge on any atom is 0.177 e. The molecule has 0 radical (unpaired) electrons. The van der Waals surface area contributed by atoms with Crippen LogP contribution in [0.1, 0.15) is 26.2 Å². The third kappa shape index (κ3) is 4.04. The molecule has 28 heavy (non-hydrogen) atoms. The molecule has 0 atom stereocenters. The molecule has 0 saturated carbocycles. The third-order valence-corrected chi connectivity index (χ3v) is 5.27. The monoisotopic (exact) mass is 381 g/mol. The summed E-state index contributed by atoms with van der Waals surface area (Å²) in [6, 6.07) is 10.0. The smallest absolute Gasteiger partial charge is 0.177 e. The number of piperidine rings is 1. The zero-order chi connectivity index (χ0) is 19.3. The van der Waals surface area contributed by atoms with Crippen molar-refractivity contribution in [2.45, 2.75) is 26.2 Å². The molecule has 4 rings (SSSR count). The first-order valence-corrected chi connectivity index (χ1v) is 9.97. The molecule has 1 aliphatic rings. The molecule has 0 aliphatic carbocycles. The number of nitrogens with zero attached hydrogens (tertiary/aromatic N) is 4. The molecule has 3 heterocycles. The topological polar surface area (TPSA) is 74.9 Å². The Morgan fingerprint density at radius 2 is 2.00 bits per heavy atom. The highest BCUT2D eigenvalue weighted by Gasteiger charge is 2.21. The van der Waals surface area contributed by atoms with E-state index in [1.807, 2.05) is 41.9 Å². The van der Waals surface area contributed by atoms with Crippen LogP contribution in [0.25, 0.3) is 5.65 Å². The summed E-state index contributed by atoms with van der Waals surface area (Å²) in [5.41, 5.74) is 2.71. The number of aromatic nitrogens is 3. The number of hydrogen-bond donors (Lipinski definition) is 2. The van der Waals surface area contributed by atoms with Gasteiger partial charge in [-0.25, -0.2) is 9.50 Å². The Kier molecular flexibility index (Phi) is 5.62. The minimum absolute atomic E-state index is 0.278. The molecule has 7 heteroatoms. The lowest BCUT2D eigenvalue weighted by atomic mass is 9.94. The van der Waals surface area contributed by atoms with Crippen molar-refractivity contribution in [2.24, 2.45) is 5.92 Å². The van der Waals surface area contributed by atoms with Crippen LogP contribution in [0.5, 0.6) is 5.75 Å². The van der Waals surface area contributed by atoms with Gasteiger partial charge >= 0.3 is 0 Å². The van der Waals surface area contributed by atoms with Gasteiger partial charge in [-0.05, 0) is 56.4 Å². The Morgan fingerprint density at radius 1 is 1.21 bits per heavy atom. The van der Waals surface area contributed by atoms with E-state index < -0.39 is 0 Å². The normalized spacial score (nSPS) is 15.1. The predicted octanol–water partition coefficient (Wildman–Crippen LogP) is 3.47. The van der Waals surface area contributed by atoms with Crippen molar-refractivity contribution in [3.63, 3.8) is 0 Å². The van der Waals surface area contributed by atoms with Crippen LogP contribution in [0.15, 0.2) is 42.7 Å². The summed E-state index contributed by atoms with van der Waals surface area (Å²) in [5.74, 6) is 2.42. The fourth-order valence-corrected chi connectivity index (χ4v) is 3.74. The van der Waals surface area contributed by atoms with E-state index in [4.69, 9.17) is 14.9 Å². The Hall–Kier alpha value is -2.80. The first-order chi connectivity index (χ1) is 13.8. The van der Waals surface area contributed by atoms with Crippen molar-refractivity contribution in [2.75, 3.05) is 36.5 Å². The number of nitrogens with one attached hydrogen (secondary N) is 1. The second kappa shape index (κ2) is 8.48. The van der Waals surface area contributed by atoms with Gasteiger partial charge in [0.25, 0.3) is 0 Å². The number of anilines is 3. The first kappa shape index (κ1) is 18.6. The van der Waals surface area contributed by atoms with Gasteiger partial charge < -0.3 is 20.1 Å². The maximum absolute atomic E-state index is 9.17. The van der Waals surface area contributed by atoms with Crippen molar-refractivity contribution in [3.8, 4) is 5.75 Å². The van der Waals surface area contributed by atoms with Gasteiger partial charge in [-0.15, -0.1) is 5.10 Å². The van der Waals surface area contributed by atoms with Crippen molar-refractivity contribution in [1.29, 1.82) is 0 Å². The second-order valence-corrected chi connectivity index (χ2v) is 7.14. The number of hydrogen-bond acceptors (Lipinski definition) is 6. The summed E-state index contributed by atoms with van der Waals surface area (Å²) in [6.45, 7) is 4.83. The van der Waals surface area contributed by atoms with E-state index in [2.05, 4.69) is 21.3 Å². The van der Waals surface area contributed by atoms with Crippen molar-refractivity contribution in [3.05, 3.63) is 42.7 Å². The average molecular weight is 381 g/mol. The van der Waals surface area contributed by atoms with E-state index in [0.717, 1.165) is 60.9 Å². The van der Waals surface area contributed by atoms with E-state index in [1.54, 1.807) is 6.20 Å². The molecule has 1 saturated heterocycles. The summed E-state index contributed by atoms with van der Waals surface area (Å²) in [7, 11) is 0. The average Bonchev–Trinajstić information content (AvgIpc) is 3.19. The minimum Gasteiger partial charge on any atom is -0.494 e. The summed E-state index contributed by atoms with van der Waals surface area (Å²) in [4.78, 5) is 6.77. The summed E-state index contributed by atoms with van der Waals surface area (Å²) >= 11 is 0. The largest absolute Gasteiger partial charge is 0.494 e. The molecular weight excluding hydrogens is 354 g/mol. The van der Waals surface area contributed by atoms with E-state index >= 15 is 0 Å². The lowest BCUT2D eigenvalue weighted by molar-refractivity contribution is 0.240. The molecule has 7 nitrogen and oxygen atoms in total. The zero-order valence-electron chi connectivity index (χ0n) is 16.2. The molecule has 2 aromatic heterocycles. The highest BCUT2D eigenvalue weighted by molar-refractivity contribution is 5.76. The van der Waals surface area contributed by atoms with Gasteiger partial charge in [0, 0.05) is 43.8 Å². The molecule has 2 N–H and O–H groups in total. The fraction of sp³-hybridized carbons (Fsp3) is 0.429. The Bertz CT molecular complexity index is 901. The van der Waals surface area contributed by atoms with Crippen LogP contribution >= 0.6 is 0 Å². The van der Waals surface area contributed by atoms with Gasteiger partial charge in [-0.2, -0.15) is 0 Å². The summed E-state index contributed by atoms with van der Waals surface area (Å²) in [6.07, 6.45) is 6.72. The van der Waals surface area contributed by atoms with Crippen LogP contribution in [-0.2, 0) is 0 Å². The van der Waals surface area contributed by atoms with Crippen LogP contribution in [0.3, 0.4) is 0 Å². The van der Waals surface area contributed by atoms with Gasteiger partial charge in [0.05, 0.1) is 12.3 Å². The molecular formula is C21H27N5O2. The van der Waals surface area contributed by atoms with E-state index in [9.17, 15) is 0 Å². The summed E-state index contributed by atoms with van der Waals surface area (Å²) in [5, 5.41) is 17.4. The molecule has 1 fully saturated rings. The highest BCUT2D eigenvalue weighted by Crippen LogP contribution is 2.29. The molecule has 0 spiro atoms. The van der Waals surface area contributed by atoms with Gasteiger partial charge in [-0.1, -0.05) is 0 Å². The van der Waals surface area contributed by atoms with Crippen LogP contribution in [0.2, 0.25) is 0 Å². The quantitative estimate of drug-likeness (QED) is 0.653. The number of ether oxygens (including phenoxy) is 1. The number of benzene rings is 1. The molecule has 3 aromatic rings. The van der Waals surface area contributed by atoms with Crippen LogP contribution in [-0.4, -0.2) is 46.0 Å². The van der Waals surface area contributed by atoms with Gasteiger partial charge in [-0.3, -0.25) is 0 Å². The second-order valence-electron chi connectivity index (χ2n) is 7.14. The molecule has 0 bridgehead atoms. The van der Waals surface area contributed by atoms with E-state index in [0.29, 0.717) is 12.5 Å². The lowest BCUT2D eigenvalue weighted by Gasteiger charge is -2.32. The highest BCUT2D eigenvalue weighted by atomic mass is 16.5. The molecule has 0 amide bonds. The van der Waals surface area contributed by atoms with E-state index in [1.165, 1.54) is 0 Å². The third-order valence-electron chi connectivity index (χ3n) is 5.27. The van der Waals surface area contributed by atoms with Crippen molar-refractivity contribution in [1.82, 2.24) is 14.6 Å². The maximum atomic E-state index is 9.17. The lowest BCUT2D eigenvalue weighted by Crippen LogP contribution is -2.34.